The van der Waals surface area contributed by atoms with Gasteiger partial charge in [0.05, 0.1) is 0 Å². The molecule has 0 aliphatic rings. The first kappa shape index (κ1) is 9.96. The maximum atomic E-state index is 3.44. The van der Waals surface area contributed by atoms with Gasteiger partial charge in [-0.05, 0) is 25.4 Å². The van der Waals surface area contributed by atoms with Crippen molar-refractivity contribution in [2.75, 3.05) is 13.1 Å². The van der Waals surface area contributed by atoms with Crippen LogP contribution in [-0.2, 0) is 0 Å². The monoisotopic (exact) mass is 143 g/mol. The number of hydrogen-bond acceptors (Lipinski definition) is 1. The van der Waals surface area contributed by atoms with Crippen LogP contribution in [0.5, 0.6) is 0 Å². The average Bonchev–Trinajstić information content (AvgIpc) is 1.98. The first-order valence-electron chi connectivity index (χ1n) is 4.52. The van der Waals surface area contributed by atoms with E-state index in [9.17, 15) is 0 Å². The molecule has 0 amide bonds. The predicted molar refractivity (Wildman–Crippen MR) is 47.2 cm³/mol. The second-order valence-corrected chi connectivity index (χ2v) is 3.07. The van der Waals surface area contributed by atoms with Crippen molar-refractivity contribution in [3.63, 3.8) is 0 Å². The molecular weight excluding hydrogens is 122 g/mol. The fourth-order valence-electron chi connectivity index (χ4n) is 0.795. The van der Waals surface area contributed by atoms with E-state index in [-0.39, 0.29) is 0 Å². The zero-order valence-corrected chi connectivity index (χ0v) is 7.61. The SMILES string of the molecule is CCCCNCC(C)CC. The zero-order valence-electron chi connectivity index (χ0n) is 7.61. The molecule has 0 fully saturated rings. The van der Waals surface area contributed by atoms with E-state index in [1.807, 2.05) is 0 Å². The molecule has 0 saturated heterocycles. The normalized spacial score (nSPS) is 13.5. The molecule has 1 atom stereocenters. The van der Waals surface area contributed by atoms with Crippen molar-refractivity contribution in [2.45, 2.75) is 40.0 Å². The molecule has 0 saturated carbocycles. The Morgan fingerprint density at radius 1 is 1.30 bits per heavy atom. The van der Waals surface area contributed by atoms with Crippen molar-refractivity contribution < 1.29 is 0 Å². The summed E-state index contributed by atoms with van der Waals surface area (Å²) in [6.07, 6.45) is 3.91. The average molecular weight is 143 g/mol. The smallest absolute Gasteiger partial charge is 0.00233 e. The highest BCUT2D eigenvalue weighted by Crippen LogP contribution is 1.96. The fourth-order valence-corrected chi connectivity index (χ4v) is 0.795. The Balaban J connectivity index is 2.89. The van der Waals surface area contributed by atoms with Crippen LogP contribution in [0.15, 0.2) is 0 Å². The highest BCUT2D eigenvalue weighted by Gasteiger charge is 1.95. The third-order valence-electron chi connectivity index (χ3n) is 1.90. The molecule has 1 N–H and O–H groups in total. The van der Waals surface area contributed by atoms with Crippen molar-refractivity contribution in [3.8, 4) is 0 Å². The van der Waals surface area contributed by atoms with Crippen molar-refractivity contribution in [3.05, 3.63) is 0 Å². The molecule has 0 radical (unpaired) electrons. The van der Waals surface area contributed by atoms with Crippen LogP contribution in [0, 0.1) is 5.92 Å². The standard InChI is InChI=1S/C9H21N/c1-4-6-7-10-8-9(3)5-2/h9-10H,4-8H2,1-3H3. The minimum absolute atomic E-state index is 0.844. The maximum absolute atomic E-state index is 3.44. The van der Waals surface area contributed by atoms with Crippen LogP contribution in [0.4, 0.5) is 0 Å². The molecule has 62 valence electrons. The van der Waals surface area contributed by atoms with Crippen LogP contribution in [0.3, 0.4) is 0 Å². The molecular formula is C9H21N. The van der Waals surface area contributed by atoms with Gasteiger partial charge < -0.3 is 5.32 Å². The van der Waals surface area contributed by atoms with Gasteiger partial charge in [-0.1, -0.05) is 33.6 Å². The summed E-state index contributed by atoms with van der Waals surface area (Å²) in [6.45, 7) is 9.15. The lowest BCUT2D eigenvalue weighted by Crippen LogP contribution is -2.21. The maximum Gasteiger partial charge on any atom is -0.00233 e. The summed E-state index contributed by atoms with van der Waals surface area (Å²) in [5, 5.41) is 3.44. The van der Waals surface area contributed by atoms with Crippen LogP contribution in [0.2, 0.25) is 0 Å². The Morgan fingerprint density at radius 2 is 2.00 bits per heavy atom. The minimum atomic E-state index is 0.844. The largest absolute Gasteiger partial charge is 0.316 e. The van der Waals surface area contributed by atoms with Gasteiger partial charge in [0.2, 0.25) is 0 Å². The summed E-state index contributed by atoms with van der Waals surface area (Å²) < 4.78 is 0. The third-order valence-corrected chi connectivity index (χ3v) is 1.90. The fraction of sp³-hybridized carbons (Fsp3) is 1.00. The molecule has 1 unspecified atom stereocenters. The van der Waals surface area contributed by atoms with Gasteiger partial charge in [0.1, 0.15) is 0 Å². The van der Waals surface area contributed by atoms with Gasteiger partial charge in [0.15, 0.2) is 0 Å². The predicted octanol–water partition coefficient (Wildman–Crippen LogP) is 2.42. The molecule has 0 rings (SSSR count). The van der Waals surface area contributed by atoms with Crippen LogP contribution < -0.4 is 5.32 Å². The molecule has 0 heterocycles. The van der Waals surface area contributed by atoms with Crippen molar-refractivity contribution >= 4 is 0 Å². The molecule has 0 aliphatic heterocycles. The van der Waals surface area contributed by atoms with E-state index >= 15 is 0 Å². The molecule has 0 bridgehead atoms. The Hall–Kier alpha value is -0.0400. The molecule has 0 aromatic carbocycles. The molecule has 0 spiro atoms. The Kier molecular flexibility index (Phi) is 7.04. The van der Waals surface area contributed by atoms with E-state index in [4.69, 9.17) is 0 Å². The van der Waals surface area contributed by atoms with Gasteiger partial charge in [0.25, 0.3) is 0 Å². The van der Waals surface area contributed by atoms with Crippen molar-refractivity contribution in [1.29, 1.82) is 0 Å². The summed E-state index contributed by atoms with van der Waals surface area (Å²) in [6, 6.07) is 0. The number of nitrogens with one attached hydrogen (secondary N) is 1. The molecule has 0 aliphatic carbocycles. The van der Waals surface area contributed by atoms with Gasteiger partial charge in [-0.15, -0.1) is 0 Å². The van der Waals surface area contributed by atoms with Crippen molar-refractivity contribution in [1.82, 2.24) is 5.32 Å². The molecule has 10 heavy (non-hydrogen) atoms. The van der Waals surface area contributed by atoms with Crippen LogP contribution in [-0.4, -0.2) is 13.1 Å². The van der Waals surface area contributed by atoms with Gasteiger partial charge in [-0.2, -0.15) is 0 Å². The summed E-state index contributed by atoms with van der Waals surface area (Å²) in [7, 11) is 0. The first-order valence-corrected chi connectivity index (χ1v) is 4.52. The highest BCUT2D eigenvalue weighted by atomic mass is 14.8. The van der Waals surface area contributed by atoms with Crippen LogP contribution in [0.1, 0.15) is 40.0 Å². The van der Waals surface area contributed by atoms with Crippen LogP contribution in [0.25, 0.3) is 0 Å². The third kappa shape index (κ3) is 6.09. The van der Waals surface area contributed by atoms with Gasteiger partial charge in [0, 0.05) is 0 Å². The second-order valence-electron chi connectivity index (χ2n) is 3.07. The number of unbranched alkanes of at least 4 members (excludes halogenated alkanes) is 1. The Bertz CT molecular complexity index is 61.7. The lowest BCUT2D eigenvalue weighted by molar-refractivity contribution is 0.494. The lowest BCUT2D eigenvalue weighted by atomic mass is 10.1. The molecule has 1 nitrogen and oxygen atoms in total. The summed E-state index contributed by atoms with van der Waals surface area (Å²) in [5.74, 6) is 0.844. The summed E-state index contributed by atoms with van der Waals surface area (Å²) in [5.41, 5.74) is 0. The minimum Gasteiger partial charge on any atom is -0.316 e. The van der Waals surface area contributed by atoms with Crippen LogP contribution >= 0.6 is 0 Å². The van der Waals surface area contributed by atoms with Gasteiger partial charge in [-0.3, -0.25) is 0 Å². The lowest BCUT2D eigenvalue weighted by Gasteiger charge is -2.08. The summed E-state index contributed by atoms with van der Waals surface area (Å²) >= 11 is 0. The van der Waals surface area contributed by atoms with E-state index in [2.05, 4.69) is 26.1 Å². The zero-order chi connectivity index (χ0) is 7.82. The Labute approximate surface area is 65.2 Å². The van der Waals surface area contributed by atoms with E-state index in [1.165, 1.54) is 32.4 Å². The first-order chi connectivity index (χ1) is 4.81. The van der Waals surface area contributed by atoms with E-state index in [0.717, 1.165) is 5.92 Å². The molecule has 1 heteroatoms. The topological polar surface area (TPSA) is 12.0 Å². The van der Waals surface area contributed by atoms with E-state index in [0.29, 0.717) is 0 Å². The Morgan fingerprint density at radius 3 is 2.50 bits per heavy atom. The van der Waals surface area contributed by atoms with E-state index in [1.54, 1.807) is 0 Å². The van der Waals surface area contributed by atoms with E-state index < -0.39 is 0 Å². The quantitative estimate of drug-likeness (QED) is 0.563. The van der Waals surface area contributed by atoms with Crippen molar-refractivity contribution in [2.24, 2.45) is 5.92 Å². The van der Waals surface area contributed by atoms with Gasteiger partial charge in [-0.25, -0.2) is 0 Å². The molecule has 0 aromatic heterocycles. The summed E-state index contributed by atoms with van der Waals surface area (Å²) in [4.78, 5) is 0. The molecule has 0 aromatic rings. The number of rotatable bonds is 6. The second kappa shape index (κ2) is 7.07. The number of hydrogen-bond donors (Lipinski definition) is 1. The van der Waals surface area contributed by atoms with Gasteiger partial charge >= 0.3 is 0 Å². The highest BCUT2D eigenvalue weighted by molar-refractivity contribution is 4.53.